The first-order chi connectivity index (χ1) is 6.63. The van der Waals surface area contributed by atoms with E-state index < -0.39 is 12.6 Å². The van der Waals surface area contributed by atoms with Gasteiger partial charge in [-0.1, -0.05) is 0 Å². The van der Waals surface area contributed by atoms with Crippen LogP contribution in [0.15, 0.2) is 12.3 Å². The Kier molecular flexibility index (Phi) is 3.02. The SMILES string of the molecule is Cc1cc(OCC(=O)O)cnc1C#N. The molecule has 0 amide bonds. The number of nitriles is 1. The lowest BCUT2D eigenvalue weighted by molar-refractivity contribution is -0.139. The molecule has 14 heavy (non-hydrogen) atoms. The van der Waals surface area contributed by atoms with Crippen molar-refractivity contribution in [2.24, 2.45) is 0 Å². The molecule has 0 unspecified atom stereocenters. The third-order valence-corrected chi connectivity index (χ3v) is 1.52. The summed E-state index contributed by atoms with van der Waals surface area (Å²) in [6.07, 6.45) is 1.33. The first-order valence-electron chi connectivity index (χ1n) is 3.85. The number of aryl methyl sites for hydroxylation is 1. The van der Waals surface area contributed by atoms with Crippen molar-refractivity contribution in [3.05, 3.63) is 23.5 Å². The van der Waals surface area contributed by atoms with Crippen LogP contribution in [0.3, 0.4) is 0 Å². The highest BCUT2D eigenvalue weighted by atomic mass is 16.5. The minimum atomic E-state index is -1.05. The van der Waals surface area contributed by atoms with Gasteiger partial charge in [0.2, 0.25) is 0 Å². The molecule has 0 radical (unpaired) electrons. The van der Waals surface area contributed by atoms with Crippen LogP contribution in [-0.2, 0) is 4.79 Å². The van der Waals surface area contributed by atoms with Gasteiger partial charge in [-0.25, -0.2) is 9.78 Å². The summed E-state index contributed by atoms with van der Waals surface area (Å²) in [7, 11) is 0. The second kappa shape index (κ2) is 4.23. The summed E-state index contributed by atoms with van der Waals surface area (Å²) in [6, 6.07) is 3.48. The Hall–Kier alpha value is -2.09. The van der Waals surface area contributed by atoms with E-state index in [1.807, 2.05) is 6.07 Å². The zero-order valence-electron chi connectivity index (χ0n) is 7.52. The minimum absolute atomic E-state index is 0.313. The fourth-order valence-corrected chi connectivity index (χ4v) is 0.890. The van der Waals surface area contributed by atoms with E-state index in [0.29, 0.717) is 17.0 Å². The van der Waals surface area contributed by atoms with Gasteiger partial charge in [0.25, 0.3) is 0 Å². The van der Waals surface area contributed by atoms with Crippen LogP contribution in [0.25, 0.3) is 0 Å². The second-order valence-electron chi connectivity index (χ2n) is 2.63. The lowest BCUT2D eigenvalue weighted by Crippen LogP contribution is -2.09. The topological polar surface area (TPSA) is 83.2 Å². The number of aliphatic carboxylic acids is 1. The number of carboxylic acids is 1. The van der Waals surface area contributed by atoms with E-state index in [4.69, 9.17) is 15.1 Å². The zero-order valence-corrected chi connectivity index (χ0v) is 7.52. The third-order valence-electron chi connectivity index (χ3n) is 1.52. The molecule has 0 spiro atoms. The van der Waals surface area contributed by atoms with Crippen molar-refractivity contribution in [3.63, 3.8) is 0 Å². The van der Waals surface area contributed by atoms with Gasteiger partial charge in [0.05, 0.1) is 6.20 Å². The molecule has 1 heterocycles. The van der Waals surface area contributed by atoms with Crippen molar-refractivity contribution in [2.75, 3.05) is 6.61 Å². The molecule has 1 rings (SSSR count). The van der Waals surface area contributed by atoms with E-state index in [1.54, 1.807) is 13.0 Å². The second-order valence-corrected chi connectivity index (χ2v) is 2.63. The smallest absolute Gasteiger partial charge is 0.341 e. The van der Waals surface area contributed by atoms with Gasteiger partial charge in [0.15, 0.2) is 6.61 Å². The van der Waals surface area contributed by atoms with E-state index in [2.05, 4.69) is 4.98 Å². The van der Waals surface area contributed by atoms with Gasteiger partial charge >= 0.3 is 5.97 Å². The number of hydrogen-bond acceptors (Lipinski definition) is 4. The lowest BCUT2D eigenvalue weighted by atomic mass is 10.2. The third kappa shape index (κ3) is 2.45. The molecule has 0 saturated carbocycles. The molecule has 0 saturated heterocycles. The Morgan fingerprint density at radius 1 is 1.79 bits per heavy atom. The van der Waals surface area contributed by atoms with Crippen molar-refractivity contribution in [3.8, 4) is 11.8 Å². The molecular weight excluding hydrogens is 184 g/mol. The van der Waals surface area contributed by atoms with E-state index in [0.717, 1.165) is 0 Å². The molecule has 5 heteroatoms. The minimum Gasteiger partial charge on any atom is -0.480 e. The van der Waals surface area contributed by atoms with Gasteiger partial charge in [-0.15, -0.1) is 0 Å². The highest BCUT2D eigenvalue weighted by Crippen LogP contribution is 2.13. The summed E-state index contributed by atoms with van der Waals surface area (Å²) in [5, 5.41) is 16.9. The maximum absolute atomic E-state index is 10.2. The van der Waals surface area contributed by atoms with Crippen molar-refractivity contribution in [1.29, 1.82) is 5.26 Å². The maximum Gasteiger partial charge on any atom is 0.341 e. The number of nitrogens with zero attached hydrogens (tertiary/aromatic N) is 2. The number of carboxylic acid groups (broad SMARTS) is 1. The molecule has 1 aromatic rings. The van der Waals surface area contributed by atoms with Crippen LogP contribution >= 0.6 is 0 Å². The Morgan fingerprint density at radius 2 is 2.50 bits per heavy atom. The number of pyridine rings is 1. The average molecular weight is 192 g/mol. The highest BCUT2D eigenvalue weighted by molar-refractivity contribution is 5.68. The largest absolute Gasteiger partial charge is 0.480 e. The average Bonchev–Trinajstić information content (AvgIpc) is 2.15. The summed E-state index contributed by atoms with van der Waals surface area (Å²) < 4.78 is 4.88. The molecule has 72 valence electrons. The fourth-order valence-electron chi connectivity index (χ4n) is 0.890. The van der Waals surface area contributed by atoms with Crippen molar-refractivity contribution in [2.45, 2.75) is 6.92 Å². The predicted octanol–water partition coefficient (Wildman–Crippen LogP) is 0.725. The molecule has 5 nitrogen and oxygen atoms in total. The maximum atomic E-state index is 10.2. The quantitative estimate of drug-likeness (QED) is 0.763. The molecular formula is C9H8N2O3. The summed E-state index contributed by atoms with van der Waals surface area (Å²) in [6.45, 7) is 1.30. The zero-order chi connectivity index (χ0) is 10.6. The van der Waals surface area contributed by atoms with Crippen molar-refractivity contribution >= 4 is 5.97 Å². The van der Waals surface area contributed by atoms with Crippen LogP contribution in [-0.4, -0.2) is 22.7 Å². The van der Waals surface area contributed by atoms with E-state index in [1.165, 1.54) is 6.20 Å². The summed E-state index contributed by atoms with van der Waals surface area (Å²) in [5.74, 6) is -0.698. The Labute approximate surface area is 80.6 Å². The highest BCUT2D eigenvalue weighted by Gasteiger charge is 2.03. The standard InChI is InChI=1S/C9H8N2O3/c1-6-2-7(14-5-9(12)13)4-11-8(6)3-10/h2,4H,5H2,1H3,(H,12,13). The van der Waals surface area contributed by atoms with Crippen molar-refractivity contribution in [1.82, 2.24) is 4.98 Å². The molecule has 0 aliphatic rings. The molecule has 0 aliphatic carbocycles. The summed E-state index contributed by atoms with van der Waals surface area (Å²) in [4.78, 5) is 14.0. The number of rotatable bonds is 3. The molecule has 0 aliphatic heterocycles. The van der Waals surface area contributed by atoms with Crippen LogP contribution in [0, 0.1) is 18.3 Å². The molecule has 0 fully saturated rings. The summed E-state index contributed by atoms with van der Waals surface area (Å²) in [5.41, 5.74) is 0.975. The fraction of sp³-hybridized carbons (Fsp3) is 0.222. The lowest BCUT2D eigenvalue weighted by Gasteiger charge is -2.03. The van der Waals surface area contributed by atoms with Crippen LogP contribution < -0.4 is 4.74 Å². The van der Waals surface area contributed by atoms with Gasteiger partial charge in [-0.3, -0.25) is 0 Å². The molecule has 1 N–H and O–H groups in total. The number of hydrogen-bond donors (Lipinski definition) is 1. The Morgan fingerprint density at radius 3 is 3.00 bits per heavy atom. The van der Waals surface area contributed by atoms with Gasteiger partial charge in [-0.05, 0) is 18.6 Å². The Balaban J connectivity index is 2.77. The first kappa shape index (κ1) is 9.99. The predicted molar refractivity (Wildman–Crippen MR) is 46.8 cm³/mol. The van der Waals surface area contributed by atoms with Gasteiger partial charge in [-0.2, -0.15) is 5.26 Å². The van der Waals surface area contributed by atoms with Crippen LogP contribution in [0.4, 0.5) is 0 Å². The van der Waals surface area contributed by atoms with E-state index in [-0.39, 0.29) is 0 Å². The Bertz CT molecular complexity index is 396. The van der Waals surface area contributed by atoms with E-state index >= 15 is 0 Å². The van der Waals surface area contributed by atoms with Crippen LogP contribution in [0.2, 0.25) is 0 Å². The monoisotopic (exact) mass is 192 g/mol. The number of aromatic nitrogens is 1. The van der Waals surface area contributed by atoms with Gasteiger partial charge < -0.3 is 9.84 Å². The van der Waals surface area contributed by atoms with Crippen molar-refractivity contribution < 1.29 is 14.6 Å². The number of carbonyl (C=O) groups is 1. The number of ether oxygens (including phenoxy) is 1. The van der Waals surface area contributed by atoms with Gasteiger partial charge in [0.1, 0.15) is 17.5 Å². The molecule has 0 bridgehead atoms. The van der Waals surface area contributed by atoms with Gasteiger partial charge in [0, 0.05) is 0 Å². The molecule has 0 aromatic carbocycles. The first-order valence-corrected chi connectivity index (χ1v) is 3.85. The van der Waals surface area contributed by atoms with Crippen LogP contribution in [0.5, 0.6) is 5.75 Å². The summed E-state index contributed by atoms with van der Waals surface area (Å²) >= 11 is 0. The molecule has 0 atom stereocenters. The molecule has 1 aromatic heterocycles. The normalized spacial score (nSPS) is 9.14. The van der Waals surface area contributed by atoms with Crippen LogP contribution in [0.1, 0.15) is 11.3 Å². The van der Waals surface area contributed by atoms with E-state index in [9.17, 15) is 4.79 Å².